The van der Waals surface area contributed by atoms with Crippen LogP contribution < -0.4 is 5.32 Å². The van der Waals surface area contributed by atoms with Gasteiger partial charge in [-0.25, -0.2) is 4.79 Å². The molecule has 1 atom stereocenters. The zero-order valence-corrected chi connectivity index (χ0v) is 17.5. The van der Waals surface area contributed by atoms with E-state index in [1.54, 1.807) is 13.8 Å². The van der Waals surface area contributed by atoms with Crippen molar-refractivity contribution in [2.24, 2.45) is 5.92 Å². The molecule has 3 rings (SSSR count). The molecule has 1 aliphatic carbocycles. The van der Waals surface area contributed by atoms with Gasteiger partial charge in [-0.1, -0.05) is 13.3 Å². The largest absolute Gasteiger partial charge is 0.462 e. The van der Waals surface area contributed by atoms with E-state index in [0.717, 1.165) is 36.1 Å². The molecule has 1 N–H and O–H groups in total. The number of carbonyl (C=O) groups excluding carboxylic acids is 2. The molecule has 1 amide bonds. The zero-order chi connectivity index (χ0) is 21.1. The lowest BCUT2D eigenvalue weighted by Gasteiger charge is -2.20. The van der Waals surface area contributed by atoms with Crippen LogP contribution in [0.5, 0.6) is 0 Å². The Hall–Kier alpha value is -2.75. The molecule has 0 aromatic carbocycles. The van der Waals surface area contributed by atoms with Crippen molar-refractivity contribution in [2.75, 3.05) is 11.9 Å². The van der Waals surface area contributed by atoms with Gasteiger partial charge in [0.25, 0.3) is 5.91 Å². The summed E-state index contributed by atoms with van der Waals surface area (Å²) in [5, 5.41) is 18.4. The first-order chi connectivity index (χ1) is 13.9. The molecule has 2 heterocycles. The van der Waals surface area contributed by atoms with E-state index in [9.17, 15) is 19.7 Å². The van der Waals surface area contributed by atoms with E-state index >= 15 is 0 Å². The van der Waals surface area contributed by atoms with Crippen LogP contribution in [0.25, 0.3) is 0 Å². The Labute approximate surface area is 172 Å². The van der Waals surface area contributed by atoms with Crippen LogP contribution in [0.1, 0.15) is 64.9 Å². The van der Waals surface area contributed by atoms with Gasteiger partial charge in [-0.2, -0.15) is 5.10 Å². The first-order valence-corrected chi connectivity index (χ1v) is 10.6. The fourth-order valence-electron chi connectivity index (χ4n) is 3.54. The Morgan fingerprint density at radius 1 is 1.41 bits per heavy atom. The third-order valence-corrected chi connectivity index (χ3v) is 6.30. The van der Waals surface area contributed by atoms with Crippen LogP contribution in [0.4, 0.5) is 10.7 Å². The number of hydrogen-bond acceptors (Lipinski definition) is 7. The molecule has 2 aromatic heterocycles. The SMILES string of the molecule is CCOC(=O)c1c(NC(=O)c2nn(CC)cc2[N+](=O)[O-])sc2c1CC[C@@H](CC)C2. The van der Waals surface area contributed by atoms with Crippen LogP contribution in [0.15, 0.2) is 6.20 Å². The lowest BCUT2D eigenvalue weighted by molar-refractivity contribution is -0.385. The molecule has 10 heteroatoms. The summed E-state index contributed by atoms with van der Waals surface area (Å²) >= 11 is 1.35. The van der Waals surface area contributed by atoms with Crippen molar-refractivity contribution >= 4 is 33.9 Å². The van der Waals surface area contributed by atoms with Crippen LogP contribution in [0.2, 0.25) is 0 Å². The molecule has 0 radical (unpaired) electrons. The summed E-state index contributed by atoms with van der Waals surface area (Å²) in [5.41, 5.74) is 0.647. The number of nitrogens with one attached hydrogen (secondary N) is 1. The van der Waals surface area contributed by atoms with E-state index in [2.05, 4.69) is 17.3 Å². The predicted molar refractivity (Wildman–Crippen MR) is 109 cm³/mol. The van der Waals surface area contributed by atoms with E-state index in [-0.39, 0.29) is 18.0 Å². The van der Waals surface area contributed by atoms with Crippen LogP contribution in [-0.2, 0) is 24.1 Å². The van der Waals surface area contributed by atoms with E-state index in [0.29, 0.717) is 23.0 Å². The predicted octanol–water partition coefficient (Wildman–Crippen LogP) is 3.82. The molecular formula is C19H24N4O5S. The summed E-state index contributed by atoms with van der Waals surface area (Å²) in [6.45, 7) is 6.26. The lowest BCUT2D eigenvalue weighted by Crippen LogP contribution is -2.18. The minimum Gasteiger partial charge on any atom is -0.462 e. The van der Waals surface area contributed by atoms with Gasteiger partial charge in [-0.3, -0.25) is 19.6 Å². The number of aryl methyl sites for hydroxylation is 1. The lowest BCUT2D eigenvalue weighted by atomic mass is 9.85. The average Bonchev–Trinajstić information content (AvgIpc) is 3.28. The van der Waals surface area contributed by atoms with E-state index in [4.69, 9.17) is 4.74 Å². The van der Waals surface area contributed by atoms with Crippen molar-refractivity contribution in [3.63, 3.8) is 0 Å². The molecule has 0 saturated heterocycles. The Kier molecular flexibility index (Phi) is 6.31. The highest BCUT2D eigenvalue weighted by Gasteiger charge is 2.32. The average molecular weight is 420 g/mol. The molecule has 0 aliphatic heterocycles. The van der Waals surface area contributed by atoms with Crippen molar-refractivity contribution in [2.45, 2.75) is 53.0 Å². The number of ether oxygens (including phenoxy) is 1. The maximum atomic E-state index is 12.8. The number of anilines is 1. The molecule has 0 fully saturated rings. The van der Waals surface area contributed by atoms with E-state index in [1.807, 2.05) is 0 Å². The van der Waals surface area contributed by atoms with Gasteiger partial charge >= 0.3 is 11.7 Å². The number of amides is 1. The molecule has 156 valence electrons. The minimum atomic E-state index is -0.708. The number of thiophene rings is 1. The highest BCUT2D eigenvalue weighted by Crippen LogP contribution is 2.41. The fraction of sp³-hybridized carbons (Fsp3) is 0.526. The molecule has 1 aliphatic rings. The summed E-state index contributed by atoms with van der Waals surface area (Å²) < 4.78 is 6.54. The summed E-state index contributed by atoms with van der Waals surface area (Å²) in [5.74, 6) is -0.648. The van der Waals surface area contributed by atoms with Crippen LogP contribution in [0, 0.1) is 16.0 Å². The fourth-order valence-corrected chi connectivity index (χ4v) is 4.89. The van der Waals surface area contributed by atoms with Gasteiger partial charge in [-0.05, 0) is 44.6 Å². The van der Waals surface area contributed by atoms with Gasteiger partial charge in [-0.15, -0.1) is 11.3 Å². The number of hydrogen-bond donors (Lipinski definition) is 1. The molecule has 0 bridgehead atoms. The van der Waals surface area contributed by atoms with Gasteiger partial charge in [0, 0.05) is 11.4 Å². The maximum absolute atomic E-state index is 12.8. The quantitative estimate of drug-likeness (QED) is 0.413. The first-order valence-electron chi connectivity index (χ1n) is 9.74. The Balaban J connectivity index is 1.97. The number of carbonyl (C=O) groups is 2. The molecule has 0 unspecified atom stereocenters. The highest BCUT2D eigenvalue weighted by molar-refractivity contribution is 7.17. The monoisotopic (exact) mass is 420 g/mol. The molecule has 9 nitrogen and oxygen atoms in total. The third-order valence-electron chi connectivity index (χ3n) is 5.13. The maximum Gasteiger partial charge on any atom is 0.341 e. The number of nitro groups is 1. The highest BCUT2D eigenvalue weighted by atomic mass is 32.1. The van der Waals surface area contributed by atoms with E-state index < -0.39 is 16.8 Å². The second-order valence-electron chi connectivity index (χ2n) is 6.88. The molecule has 0 spiro atoms. The third kappa shape index (κ3) is 4.16. The summed E-state index contributed by atoms with van der Waals surface area (Å²) in [6.07, 6.45) is 4.86. The molecule has 29 heavy (non-hydrogen) atoms. The van der Waals surface area contributed by atoms with Crippen molar-refractivity contribution in [3.05, 3.63) is 38.0 Å². The van der Waals surface area contributed by atoms with Gasteiger partial charge in [0.15, 0.2) is 0 Å². The number of fused-ring (bicyclic) bond motifs is 1. The Morgan fingerprint density at radius 2 is 2.17 bits per heavy atom. The van der Waals surface area contributed by atoms with E-state index in [1.165, 1.54) is 22.2 Å². The number of aromatic nitrogens is 2. The standard InChI is InChI=1S/C19H24N4O5S/c1-4-11-7-8-12-14(9-11)29-18(15(12)19(25)28-6-3)20-17(24)16-13(23(26)27)10-22(5-2)21-16/h10-11H,4-9H2,1-3H3,(H,20,24)/t11-/m1/s1. The number of esters is 1. The second kappa shape index (κ2) is 8.73. The zero-order valence-electron chi connectivity index (χ0n) is 16.7. The Morgan fingerprint density at radius 3 is 2.79 bits per heavy atom. The summed E-state index contributed by atoms with van der Waals surface area (Å²) in [7, 11) is 0. The Bertz CT molecular complexity index is 949. The van der Waals surface area contributed by atoms with Crippen molar-refractivity contribution in [3.8, 4) is 0 Å². The normalized spacial score (nSPS) is 15.6. The topological polar surface area (TPSA) is 116 Å². The first kappa shape index (κ1) is 21.0. The van der Waals surface area contributed by atoms with Crippen LogP contribution in [-0.4, -0.2) is 33.2 Å². The summed E-state index contributed by atoms with van der Waals surface area (Å²) in [4.78, 5) is 37.1. The van der Waals surface area contributed by atoms with Gasteiger partial charge in [0.05, 0.1) is 17.1 Å². The van der Waals surface area contributed by atoms with Gasteiger partial charge in [0.1, 0.15) is 11.2 Å². The molecule has 0 saturated carbocycles. The van der Waals surface area contributed by atoms with Crippen molar-refractivity contribution < 1.29 is 19.2 Å². The smallest absolute Gasteiger partial charge is 0.341 e. The van der Waals surface area contributed by atoms with Crippen molar-refractivity contribution in [1.82, 2.24) is 9.78 Å². The van der Waals surface area contributed by atoms with Crippen molar-refractivity contribution in [1.29, 1.82) is 0 Å². The summed E-state index contributed by atoms with van der Waals surface area (Å²) in [6, 6.07) is 0. The second-order valence-corrected chi connectivity index (χ2v) is 7.98. The van der Waals surface area contributed by atoms with Gasteiger partial charge < -0.3 is 10.1 Å². The van der Waals surface area contributed by atoms with Gasteiger partial charge in [0.2, 0.25) is 5.69 Å². The molecule has 2 aromatic rings. The van der Waals surface area contributed by atoms with Crippen LogP contribution in [0.3, 0.4) is 0 Å². The number of rotatable bonds is 7. The number of nitrogens with zero attached hydrogens (tertiary/aromatic N) is 3. The van der Waals surface area contributed by atoms with Crippen LogP contribution >= 0.6 is 11.3 Å². The molecular weight excluding hydrogens is 396 g/mol. The minimum absolute atomic E-state index is 0.223.